The van der Waals surface area contributed by atoms with E-state index in [1.165, 1.54) is 17.0 Å². The van der Waals surface area contributed by atoms with Gasteiger partial charge >= 0.3 is 5.69 Å². The fourth-order valence-corrected chi connectivity index (χ4v) is 3.51. The Morgan fingerprint density at radius 1 is 1.06 bits per heavy atom. The van der Waals surface area contributed by atoms with Gasteiger partial charge in [-0.05, 0) is 23.6 Å². The molecule has 1 N–H and O–H groups in total. The van der Waals surface area contributed by atoms with E-state index in [0.717, 1.165) is 16.7 Å². The summed E-state index contributed by atoms with van der Waals surface area (Å²) in [6, 6.07) is 18.4. The molecule has 1 aliphatic heterocycles. The number of benzene rings is 2. The highest BCUT2D eigenvalue weighted by molar-refractivity contribution is 5.63. The zero-order valence-electron chi connectivity index (χ0n) is 17.7. The predicted molar refractivity (Wildman–Crippen MR) is 121 cm³/mol. The number of nitrogens with one attached hydrogen (secondary N) is 1. The molecule has 0 aliphatic carbocycles. The van der Waals surface area contributed by atoms with Crippen molar-refractivity contribution >= 4 is 0 Å². The maximum Gasteiger partial charge on any atom is 0.331 e. The second-order valence-electron chi connectivity index (χ2n) is 7.44. The number of aromatic amines is 1. The molecule has 164 valence electrons. The first-order valence-corrected chi connectivity index (χ1v) is 10.2. The van der Waals surface area contributed by atoms with E-state index in [1.807, 2.05) is 30.3 Å². The Balaban J connectivity index is 1.39. The van der Waals surface area contributed by atoms with E-state index in [0.29, 0.717) is 17.9 Å². The van der Waals surface area contributed by atoms with Crippen molar-refractivity contribution in [2.45, 2.75) is 25.9 Å². The SMILES string of the molecule is C=COC1C=C(COCc2ccc(-c3ccccc3)cc2)OC1n1cc(C)c(=O)[nH]c1=O. The molecule has 0 bridgehead atoms. The second-order valence-corrected chi connectivity index (χ2v) is 7.44. The summed E-state index contributed by atoms with van der Waals surface area (Å²) < 4.78 is 18.5. The van der Waals surface area contributed by atoms with E-state index < -0.39 is 23.6 Å². The van der Waals surface area contributed by atoms with Crippen LogP contribution >= 0.6 is 0 Å². The van der Waals surface area contributed by atoms with E-state index in [4.69, 9.17) is 14.2 Å². The lowest BCUT2D eigenvalue weighted by Gasteiger charge is -2.21. The normalized spacial score (nSPS) is 17.5. The third-order valence-electron chi connectivity index (χ3n) is 5.15. The molecule has 0 radical (unpaired) electrons. The summed E-state index contributed by atoms with van der Waals surface area (Å²) in [4.78, 5) is 26.2. The molecule has 0 amide bonds. The summed E-state index contributed by atoms with van der Waals surface area (Å²) in [5.41, 5.74) is 2.74. The van der Waals surface area contributed by atoms with Crippen LogP contribution in [0.4, 0.5) is 0 Å². The zero-order valence-corrected chi connectivity index (χ0v) is 17.7. The van der Waals surface area contributed by atoms with Gasteiger partial charge in [0.25, 0.3) is 5.56 Å². The minimum absolute atomic E-state index is 0.213. The topological polar surface area (TPSA) is 82.6 Å². The van der Waals surface area contributed by atoms with Crippen LogP contribution < -0.4 is 11.2 Å². The van der Waals surface area contributed by atoms with E-state index in [2.05, 4.69) is 35.8 Å². The lowest BCUT2D eigenvalue weighted by molar-refractivity contribution is -0.0229. The maximum absolute atomic E-state index is 12.3. The molecule has 32 heavy (non-hydrogen) atoms. The smallest absolute Gasteiger partial charge is 0.331 e. The van der Waals surface area contributed by atoms with Crippen LogP contribution in [-0.4, -0.2) is 22.3 Å². The molecule has 7 nitrogen and oxygen atoms in total. The van der Waals surface area contributed by atoms with Crippen molar-refractivity contribution in [3.63, 3.8) is 0 Å². The lowest BCUT2D eigenvalue weighted by Crippen LogP contribution is -2.36. The Morgan fingerprint density at radius 2 is 1.78 bits per heavy atom. The van der Waals surface area contributed by atoms with E-state index >= 15 is 0 Å². The first kappa shape index (κ1) is 21.4. The monoisotopic (exact) mass is 432 g/mol. The van der Waals surface area contributed by atoms with E-state index in [-0.39, 0.29) is 6.61 Å². The van der Waals surface area contributed by atoms with Crippen molar-refractivity contribution < 1.29 is 14.2 Å². The molecular weight excluding hydrogens is 408 g/mol. The average Bonchev–Trinajstić information content (AvgIpc) is 3.20. The highest BCUT2D eigenvalue weighted by Gasteiger charge is 2.33. The summed E-state index contributed by atoms with van der Waals surface area (Å²) in [6.07, 6.45) is 3.16. The number of hydrogen-bond donors (Lipinski definition) is 1. The molecule has 2 aromatic carbocycles. The Kier molecular flexibility index (Phi) is 6.37. The number of ether oxygens (including phenoxy) is 3. The second kappa shape index (κ2) is 9.53. The quantitative estimate of drug-likeness (QED) is 0.549. The van der Waals surface area contributed by atoms with Crippen LogP contribution in [0.3, 0.4) is 0 Å². The van der Waals surface area contributed by atoms with Gasteiger partial charge in [-0.1, -0.05) is 61.2 Å². The molecule has 4 rings (SSSR count). The molecule has 2 heterocycles. The molecule has 1 aliphatic rings. The summed E-state index contributed by atoms with van der Waals surface area (Å²) in [5, 5.41) is 0. The number of aryl methyl sites for hydroxylation is 1. The average molecular weight is 432 g/mol. The number of rotatable bonds is 8. The highest BCUT2D eigenvalue weighted by atomic mass is 16.6. The van der Waals surface area contributed by atoms with E-state index in [9.17, 15) is 9.59 Å². The van der Waals surface area contributed by atoms with Gasteiger partial charge in [0.1, 0.15) is 12.4 Å². The number of nitrogens with zero attached hydrogens (tertiary/aromatic N) is 1. The standard InChI is InChI=1S/C25H24N2O5/c1-3-31-22-13-21(32-24(22)27-14-17(2)23(28)26-25(27)29)16-30-15-18-9-11-20(12-10-18)19-7-5-4-6-8-19/h3-14,22,24H,1,15-16H2,2H3,(H,26,28,29). The lowest BCUT2D eigenvalue weighted by atomic mass is 10.0. The van der Waals surface area contributed by atoms with Crippen molar-refractivity contribution in [3.8, 4) is 11.1 Å². The molecular formula is C25H24N2O5. The van der Waals surface area contributed by atoms with Crippen molar-refractivity contribution in [1.82, 2.24) is 9.55 Å². The van der Waals surface area contributed by atoms with Gasteiger partial charge in [0.2, 0.25) is 6.23 Å². The van der Waals surface area contributed by atoms with Gasteiger partial charge in [0.05, 0.1) is 12.9 Å². The summed E-state index contributed by atoms with van der Waals surface area (Å²) in [5.74, 6) is 0.540. The molecule has 7 heteroatoms. The third-order valence-corrected chi connectivity index (χ3v) is 5.15. The Bertz CT molecular complexity index is 1230. The summed E-state index contributed by atoms with van der Waals surface area (Å²) in [6.45, 7) is 5.82. The van der Waals surface area contributed by atoms with Crippen LogP contribution in [0.2, 0.25) is 0 Å². The Hall–Kier alpha value is -3.84. The van der Waals surface area contributed by atoms with Crippen molar-refractivity contribution in [1.29, 1.82) is 0 Å². The third kappa shape index (κ3) is 4.73. The zero-order chi connectivity index (χ0) is 22.5. The fourth-order valence-electron chi connectivity index (χ4n) is 3.51. The number of H-pyrrole nitrogens is 1. The molecule has 0 fully saturated rings. The molecule has 1 aromatic heterocycles. The fraction of sp³-hybridized carbons (Fsp3) is 0.200. The van der Waals surface area contributed by atoms with Crippen LogP contribution in [0.15, 0.2) is 95.1 Å². The molecule has 0 saturated carbocycles. The first-order chi connectivity index (χ1) is 15.5. The number of aromatic nitrogens is 2. The van der Waals surface area contributed by atoms with Crippen molar-refractivity contribution in [2.24, 2.45) is 0 Å². The Labute approximate surface area is 185 Å². The van der Waals surface area contributed by atoms with Crippen molar-refractivity contribution in [3.05, 3.63) is 117 Å². The summed E-state index contributed by atoms with van der Waals surface area (Å²) >= 11 is 0. The van der Waals surface area contributed by atoms with Crippen LogP contribution in [0, 0.1) is 6.92 Å². The molecule has 0 spiro atoms. The predicted octanol–water partition coefficient (Wildman–Crippen LogP) is 3.67. The number of hydrogen-bond acceptors (Lipinski definition) is 5. The van der Waals surface area contributed by atoms with Crippen molar-refractivity contribution in [2.75, 3.05) is 6.61 Å². The van der Waals surface area contributed by atoms with Gasteiger partial charge in [0, 0.05) is 17.8 Å². The largest absolute Gasteiger partial charge is 0.488 e. The summed E-state index contributed by atoms with van der Waals surface area (Å²) in [7, 11) is 0. The molecule has 0 saturated heterocycles. The maximum atomic E-state index is 12.3. The first-order valence-electron chi connectivity index (χ1n) is 10.2. The van der Waals surface area contributed by atoms with Gasteiger partial charge in [-0.3, -0.25) is 14.3 Å². The minimum Gasteiger partial charge on any atom is -0.488 e. The van der Waals surface area contributed by atoms with Crippen LogP contribution in [0.25, 0.3) is 11.1 Å². The van der Waals surface area contributed by atoms with Crippen LogP contribution in [0.5, 0.6) is 0 Å². The Morgan fingerprint density at radius 3 is 2.50 bits per heavy atom. The molecule has 3 aromatic rings. The minimum atomic E-state index is -0.764. The molecule has 2 unspecified atom stereocenters. The van der Waals surface area contributed by atoms with Crippen LogP contribution in [0.1, 0.15) is 17.4 Å². The molecule has 2 atom stereocenters. The van der Waals surface area contributed by atoms with E-state index in [1.54, 1.807) is 13.0 Å². The van der Waals surface area contributed by atoms with Gasteiger partial charge in [-0.25, -0.2) is 4.79 Å². The van der Waals surface area contributed by atoms with Gasteiger partial charge in [0.15, 0.2) is 6.10 Å². The highest BCUT2D eigenvalue weighted by Crippen LogP contribution is 2.28. The van der Waals surface area contributed by atoms with Gasteiger partial charge < -0.3 is 14.2 Å². The van der Waals surface area contributed by atoms with Gasteiger partial charge in [-0.2, -0.15) is 0 Å². The van der Waals surface area contributed by atoms with Crippen LogP contribution in [-0.2, 0) is 20.8 Å². The van der Waals surface area contributed by atoms with Gasteiger partial charge in [-0.15, -0.1) is 0 Å².